The summed E-state index contributed by atoms with van der Waals surface area (Å²) in [5.41, 5.74) is 5.04. The molecule has 0 spiro atoms. The van der Waals surface area contributed by atoms with Crippen LogP contribution in [0, 0.1) is 5.92 Å². The molecule has 1 heterocycles. The van der Waals surface area contributed by atoms with E-state index in [4.69, 9.17) is 10.5 Å². The van der Waals surface area contributed by atoms with Crippen molar-refractivity contribution in [3.63, 3.8) is 0 Å². The molecule has 0 atom stereocenters. The van der Waals surface area contributed by atoms with E-state index in [-0.39, 0.29) is 0 Å². The average Bonchev–Trinajstić information content (AvgIpc) is 2.40. The Bertz CT molecular complexity index is 246. The minimum atomic E-state index is -0.587. The van der Waals surface area contributed by atoms with Crippen molar-refractivity contribution in [3.05, 3.63) is 0 Å². The van der Waals surface area contributed by atoms with Gasteiger partial charge in [0.1, 0.15) is 0 Å². The normalized spacial score (nSPS) is 35.0. The Labute approximate surface area is 110 Å². The molecule has 18 heavy (non-hydrogen) atoms. The van der Waals surface area contributed by atoms with Crippen molar-refractivity contribution in [2.45, 2.75) is 50.2 Å². The molecule has 0 bridgehead atoms. The van der Waals surface area contributed by atoms with Crippen LogP contribution >= 0.6 is 0 Å². The first kappa shape index (κ1) is 14.3. The van der Waals surface area contributed by atoms with Gasteiger partial charge < -0.3 is 20.5 Å². The molecular formula is C14H28N2O2. The van der Waals surface area contributed by atoms with Crippen LogP contribution in [0.5, 0.6) is 0 Å². The molecule has 2 fully saturated rings. The number of hydrogen-bond donors (Lipinski definition) is 2. The molecule has 0 unspecified atom stereocenters. The number of rotatable bonds is 4. The minimum Gasteiger partial charge on any atom is -0.389 e. The highest BCUT2D eigenvalue weighted by atomic mass is 16.5. The summed E-state index contributed by atoms with van der Waals surface area (Å²) >= 11 is 0. The maximum absolute atomic E-state index is 10.1. The molecule has 4 heteroatoms. The Morgan fingerprint density at radius 2 is 1.83 bits per heavy atom. The van der Waals surface area contributed by atoms with Crippen molar-refractivity contribution in [2.75, 3.05) is 33.4 Å². The number of aliphatic hydroxyl groups is 1. The molecule has 1 saturated carbocycles. The van der Waals surface area contributed by atoms with Crippen molar-refractivity contribution in [1.29, 1.82) is 0 Å². The van der Waals surface area contributed by atoms with Crippen LogP contribution in [0.25, 0.3) is 0 Å². The topological polar surface area (TPSA) is 58.7 Å². The van der Waals surface area contributed by atoms with E-state index in [0.29, 0.717) is 12.6 Å². The highest BCUT2D eigenvalue weighted by Gasteiger charge is 2.33. The maximum atomic E-state index is 10.1. The molecular weight excluding hydrogens is 228 g/mol. The van der Waals surface area contributed by atoms with E-state index in [1.165, 1.54) is 19.4 Å². The standard InChI is InChI=1S/C14H28N2O2/c1-16(10-12-4-8-18-9-5-12)13-2-6-14(17,11-15)7-3-13/h12-13,17H,2-11,15H2,1H3. The number of nitrogens with two attached hydrogens (primary N) is 1. The summed E-state index contributed by atoms with van der Waals surface area (Å²) in [6, 6.07) is 0.625. The molecule has 0 aromatic heterocycles. The largest absolute Gasteiger partial charge is 0.389 e. The van der Waals surface area contributed by atoms with Gasteiger partial charge in [-0.1, -0.05) is 0 Å². The molecule has 106 valence electrons. The maximum Gasteiger partial charge on any atom is 0.0770 e. The van der Waals surface area contributed by atoms with Gasteiger partial charge in [0.2, 0.25) is 0 Å². The third-order valence-electron chi connectivity index (χ3n) is 4.78. The number of ether oxygens (including phenoxy) is 1. The van der Waals surface area contributed by atoms with E-state index in [1.54, 1.807) is 0 Å². The third kappa shape index (κ3) is 3.67. The lowest BCUT2D eigenvalue weighted by molar-refractivity contribution is -0.0148. The summed E-state index contributed by atoms with van der Waals surface area (Å²) in [6.45, 7) is 3.44. The van der Waals surface area contributed by atoms with Crippen LogP contribution in [0.4, 0.5) is 0 Å². The molecule has 0 aromatic rings. The van der Waals surface area contributed by atoms with E-state index in [2.05, 4.69) is 11.9 Å². The van der Waals surface area contributed by atoms with Gasteiger partial charge in [-0.15, -0.1) is 0 Å². The first-order valence-electron chi connectivity index (χ1n) is 7.33. The molecule has 4 nitrogen and oxygen atoms in total. The van der Waals surface area contributed by atoms with Gasteiger partial charge >= 0.3 is 0 Å². The summed E-state index contributed by atoms with van der Waals surface area (Å²) < 4.78 is 5.40. The van der Waals surface area contributed by atoms with E-state index < -0.39 is 5.60 Å². The number of nitrogens with zero attached hydrogens (tertiary/aromatic N) is 1. The number of hydrogen-bond acceptors (Lipinski definition) is 4. The lowest BCUT2D eigenvalue weighted by Crippen LogP contribution is -2.47. The van der Waals surface area contributed by atoms with Crippen molar-refractivity contribution >= 4 is 0 Å². The van der Waals surface area contributed by atoms with E-state index in [1.807, 2.05) is 0 Å². The third-order valence-corrected chi connectivity index (χ3v) is 4.78. The van der Waals surface area contributed by atoms with Gasteiger partial charge in [-0.3, -0.25) is 0 Å². The highest BCUT2D eigenvalue weighted by Crippen LogP contribution is 2.30. The van der Waals surface area contributed by atoms with Gasteiger partial charge in [-0.05, 0) is 51.5 Å². The summed E-state index contributed by atoms with van der Waals surface area (Å²) in [7, 11) is 2.23. The van der Waals surface area contributed by atoms with Crippen molar-refractivity contribution < 1.29 is 9.84 Å². The Morgan fingerprint density at radius 3 is 2.39 bits per heavy atom. The predicted octanol–water partition coefficient (Wildman–Crippen LogP) is 0.977. The molecule has 3 N–H and O–H groups in total. The highest BCUT2D eigenvalue weighted by molar-refractivity contribution is 4.89. The molecule has 1 saturated heterocycles. The fraction of sp³-hybridized carbons (Fsp3) is 1.00. The molecule has 0 aromatic carbocycles. The summed E-state index contributed by atoms with van der Waals surface area (Å²) in [4.78, 5) is 2.49. The van der Waals surface area contributed by atoms with Gasteiger partial charge in [-0.2, -0.15) is 0 Å². The van der Waals surface area contributed by atoms with Crippen molar-refractivity contribution in [3.8, 4) is 0 Å². The first-order chi connectivity index (χ1) is 8.63. The Hall–Kier alpha value is -0.160. The van der Waals surface area contributed by atoms with Crippen LogP contribution in [0.3, 0.4) is 0 Å². The van der Waals surface area contributed by atoms with Crippen LogP contribution < -0.4 is 5.73 Å². The average molecular weight is 256 g/mol. The van der Waals surface area contributed by atoms with Crippen molar-refractivity contribution in [2.24, 2.45) is 11.7 Å². The second-order valence-corrected chi connectivity index (χ2v) is 6.15. The predicted molar refractivity (Wildman–Crippen MR) is 72.4 cm³/mol. The molecule has 2 rings (SSSR count). The Balaban J connectivity index is 1.74. The summed E-state index contributed by atoms with van der Waals surface area (Å²) in [6.07, 6.45) is 6.26. The first-order valence-corrected chi connectivity index (χ1v) is 7.33. The second-order valence-electron chi connectivity index (χ2n) is 6.15. The monoisotopic (exact) mass is 256 g/mol. The lowest BCUT2D eigenvalue weighted by atomic mass is 9.81. The molecule has 0 radical (unpaired) electrons. The fourth-order valence-corrected chi connectivity index (χ4v) is 3.27. The SMILES string of the molecule is CN(CC1CCOCC1)C1CCC(O)(CN)CC1. The van der Waals surface area contributed by atoms with Gasteiger partial charge in [0.25, 0.3) is 0 Å². The molecule has 0 amide bonds. The quantitative estimate of drug-likeness (QED) is 0.787. The smallest absolute Gasteiger partial charge is 0.0770 e. The molecule has 2 aliphatic rings. The van der Waals surface area contributed by atoms with Gasteiger partial charge in [0.15, 0.2) is 0 Å². The summed E-state index contributed by atoms with van der Waals surface area (Å²) in [5, 5.41) is 10.1. The summed E-state index contributed by atoms with van der Waals surface area (Å²) in [5.74, 6) is 0.791. The van der Waals surface area contributed by atoms with Crippen LogP contribution in [0.15, 0.2) is 0 Å². The van der Waals surface area contributed by atoms with E-state index in [0.717, 1.165) is 44.8 Å². The lowest BCUT2D eigenvalue weighted by Gasteiger charge is -2.40. The molecule has 1 aliphatic carbocycles. The van der Waals surface area contributed by atoms with E-state index >= 15 is 0 Å². The Morgan fingerprint density at radius 1 is 1.22 bits per heavy atom. The van der Waals surface area contributed by atoms with Gasteiger partial charge in [0, 0.05) is 32.3 Å². The van der Waals surface area contributed by atoms with Crippen LogP contribution in [-0.4, -0.2) is 55.0 Å². The fourth-order valence-electron chi connectivity index (χ4n) is 3.27. The van der Waals surface area contributed by atoms with Gasteiger partial charge in [0.05, 0.1) is 5.60 Å². The van der Waals surface area contributed by atoms with Crippen molar-refractivity contribution in [1.82, 2.24) is 4.90 Å². The zero-order valence-corrected chi connectivity index (χ0v) is 11.6. The molecule has 1 aliphatic heterocycles. The minimum absolute atomic E-state index is 0.406. The second kappa shape index (κ2) is 6.33. The van der Waals surface area contributed by atoms with Gasteiger partial charge in [-0.25, -0.2) is 0 Å². The van der Waals surface area contributed by atoms with Crippen LogP contribution in [0.2, 0.25) is 0 Å². The van der Waals surface area contributed by atoms with Crippen LogP contribution in [-0.2, 0) is 4.74 Å². The zero-order chi connectivity index (χ0) is 13.0. The van der Waals surface area contributed by atoms with Crippen LogP contribution in [0.1, 0.15) is 38.5 Å². The zero-order valence-electron chi connectivity index (χ0n) is 11.6. The van der Waals surface area contributed by atoms with E-state index in [9.17, 15) is 5.11 Å². The Kier molecular flexibility index (Phi) is 5.01.